The molecule has 0 saturated carbocycles. The lowest BCUT2D eigenvalue weighted by molar-refractivity contribution is 0.435. The second kappa shape index (κ2) is 8.69. The highest BCUT2D eigenvalue weighted by molar-refractivity contribution is 7.80. The van der Waals surface area contributed by atoms with Crippen LogP contribution < -0.4 is 4.74 Å². The van der Waals surface area contributed by atoms with Gasteiger partial charge in [-0.2, -0.15) is 0 Å². The molecule has 0 saturated heterocycles. The molecule has 0 N–H and O–H groups in total. The van der Waals surface area contributed by atoms with E-state index in [0.717, 1.165) is 30.5 Å². The lowest BCUT2D eigenvalue weighted by Gasteiger charge is -2.12. The Balaban J connectivity index is 1.88. The molecule has 0 radical (unpaired) electrons. The van der Waals surface area contributed by atoms with E-state index in [2.05, 4.69) is 6.92 Å². The third kappa shape index (κ3) is 4.62. The zero-order valence-corrected chi connectivity index (χ0v) is 16.1. The summed E-state index contributed by atoms with van der Waals surface area (Å²) in [4.78, 5) is 0. The Hall–Kier alpha value is -2.80. The van der Waals surface area contributed by atoms with Crippen LogP contribution >= 0.6 is 12.2 Å². The molecular weight excluding hydrogens is 407 g/mol. The summed E-state index contributed by atoms with van der Waals surface area (Å²) in [6.45, 7) is 2.05. The number of ether oxygens (including phenoxy) is 1. The molecular formula is C22H15F5OS. The molecule has 0 bridgehead atoms. The van der Waals surface area contributed by atoms with Crippen molar-refractivity contribution in [2.24, 2.45) is 0 Å². The van der Waals surface area contributed by atoms with E-state index < -0.39 is 45.4 Å². The predicted molar refractivity (Wildman–Crippen MR) is 104 cm³/mol. The topological polar surface area (TPSA) is 9.23 Å². The summed E-state index contributed by atoms with van der Waals surface area (Å²) in [6.07, 6.45) is 1.88. The van der Waals surface area contributed by atoms with Gasteiger partial charge in [-0.05, 0) is 47.5 Å². The summed E-state index contributed by atoms with van der Waals surface area (Å²) in [5, 5.41) is -0.671. The fourth-order valence-electron chi connectivity index (χ4n) is 2.84. The monoisotopic (exact) mass is 422 g/mol. The van der Waals surface area contributed by atoms with Crippen molar-refractivity contribution in [3.05, 3.63) is 88.7 Å². The lowest BCUT2D eigenvalue weighted by atomic mass is 10.0. The van der Waals surface area contributed by atoms with Gasteiger partial charge in [0.2, 0.25) is 5.05 Å². The van der Waals surface area contributed by atoms with E-state index in [9.17, 15) is 22.0 Å². The Bertz CT molecular complexity index is 1020. The second-order valence-corrected chi connectivity index (χ2v) is 6.72. The van der Waals surface area contributed by atoms with Crippen molar-refractivity contribution in [3.8, 4) is 16.9 Å². The van der Waals surface area contributed by atoms with Crippen LogP contribution in [0.15, 0.2) is 48.5 Å². The molecule has 150 valence electrons. The number of hydrogen-bond donors (Lipinski definition) is 0. The van der Waals surface area contributed by atoms with Crippen molar-refractivity contribution in [2.45, 2.75) is 19.8 Å². The molecule has 29 heavy (non-hydrogen) atoms. The zero-order valence-electron chi connectivity index (χ0n) is 15.2. The fraction of sp³-hybridized carbons (Fsp3) is 0.136. The third-order valence-corrected chi connectivity index (χ3v) is 4.53. The maximum absolute atomic E-state index is 14.6. The first-order valence-electron chi connectivity index (χ1n) is 8.75. The minimum absolute atomic E-state index is 0.300. The van der Waals surface area contributed by atoms with Crippen molar-refractivity contribution in [1.82, 2.24) is 0 Å². The summed E-state index contributed by atoms with van der Waals surface area (Å²) in [6, 6.07) is 10.5. The Morgan fingerprint density at radius 2 is 1.34 bits per heavy atom. The van der Waals surface area contributed by atoms with Gasteiger partial charge in [0.1, 0.15) is 22.9 Å². The Morgan fingerprint density at radius 3 is 1.86 bits per heavy atom. The number of rotatable bonds is 5. The Kier molecular flexibility index (Phi) is 6.27. The van der Waals surface area contributed by atoms with Gasteiger partial charge in [0.15, 0.2) is 17.5 Å². The fourth-order valence-corrected chi connectivity index (χ4v) is 3.13. The Labute approximate surface area is 169 Å². The molecule has 1 nitrogen and oxygen atoms in total. The van der Waals surface area contributed by atoms with Crippen LogP contribution in [0.25, 0.3) is 11.1 Å². The molecule has 3 aromatic carbocycles. The van der Waals surface area contributed by atoms with E-state index in [0.29, 0.717) is 23.3 Å². The van der Waals surface area contributed by atoms with Gasteiger partial charge in [0.25, 0.3) is 0 Å². The van der Waals surface area contributed by atoms with Crippen LogP contribution in [-0.4, -0.2) is 5.05 Å². The highest BCUT2D eigenvalue weighted by atomic mass is 32.1. The number of benzene rings is 3. The number of thiocarbonyl (C=S) groups is 1. The highest BCUT2D eigenvalue weighted by Gasteiger charge is 2.20. The van der Waals surface area contributed by atoms with E-state index in [4.69, 9.17) is 17.0 Å². The number of hydrogen-bond acceptors (Lipinski definition) is 2. The van der Waals surface area contributed by atoms with E-state index >= 15 is 0 Å². The quantitative estimate of drug-likeness (QED) is 0.255. The molecule has 0 aromatic heterocycles. The van der Waals surface area contributed by atoms with Crippen LogP contribution in [0.2, 0.25) is 0 Å². The second-order valence-electron chi connectivity index (χ2n) is 6.35. The molecule has 0 aliphatic rings. The van der Waals surface area contributed by atoms with Gasteiger partial charge in [-0.15, -0.1) is 0 Å². The molecule has 7 heteroatoms. The third-order valence-electron chi connectivity index (χ3n) is 4.24. The maximum Gasteiger partial charge on any atom is 0.203 e. The van der Waals surface area contributed by atoms with E-state index in [1.807, 2.05) is 12.1 Å². The zero-order chi connectivity index (χ0) is 21.1. The van der Waals surface area contributed by atoms with Crippen LogP contribution in [0.4, 0.5) is 22.0 Å². The largest absolute Gasteiger partial charge is 0.445 e. The summed E-state index contributed by atoms with van der Waals surface area (Å²) in [7, 11) is 0. The molecule has 0 spiro atoms. The number of aryl methyl sites for hydroxylation is 1. The highest BCUT2D eigenvalue weighted by Crippen LogP contribution is 2.27. The SMILES string of the molecule is CCCc1ccc(-c2cc(F)c(C(=S)Oc3cc(F)c(F)c(F)c3)c(F)c2)cc1. The summed E-state index contributed by atoms with van der Waals surface area (Å²) < 4.78 is 73.7. The minimum Gasteiger partial charge on any atom is -0.445 e. The molecule has 0 aliphatic heterocycles. The maximum atomic E-state index is 14.6. The summed E-state index contributed by atoms with van der Waals surface area (Å²) in [5.74, 6) is -7.21. The van der Waals surface area contributed by atoms with Crippen molar-refractivity contribution < 1.29 is 26.7 Å². The van der Waals surface area contributed by atoms with Crippen molar-refractivity contribution >= 4 is 17.3 Å². The standard InChI is InChI=1S/C22H15F5OS/c1-2-3-12-4-6-13(7-5-12)14-8-16(23)20(17(24)9-14)22(29)28-15-10-18(25)21(27)19(26)11-15/h4-11H,2-3H2,1H3. The van der Waals surface area contributed by atoms with Crippen LogP contribution in [0.5, 0.6) is 5.75 Å². The molecule has 0 aliphatic carbocycles. The van der Waals surface area contributed by atoms with Crippen LogP contribution in [0.3, 0.4) is 0 Å². The van der Waals surface area contributed by atoms with Gasteiger partial charge in [-0.25, -0.2) is 22.0 Å². The average Bonchev–Trinajstić information content (AvgIpc) is 2.66. The minimum atomic E-state index is -1.69. The smallest absolute Gasteiger partial charge is 0.203 e. The molecule has 0 atom stereocenters. The first-order chi connectivity index (χ1) is 13.8. The molecule has 0 fully saturated rings. The van der Waals surface area contributed by atoms with Gasteiger partial charge < -0.3 is 4.74 Å². The molecule has 0 heterocycles. The van der Waals surface area contributed by atoms with Crippen LogP contribution in [0, 0.1) is 29.1 Å². The summed E-state index contributed by atoms with van der Waals surface area (Å²) >= 11 is 4.86. The van der Waals surface area contributed by atoms with E-state index in [-0.39, 0.29) is 0 Å². The van der Waals surface area contributed by atoms with Crippen LogP contribution in [0.1, 0.15) is 24.5 Å². The van der Waals surface area contributed by atoms with Crippen molar-refractivity contribution in [2.75, 3.05) is 0 Å². The van der Waals surface area contributed by atoms with Crippen molar-refractivity contribution in [1.29, 1.82) is 0 Å². The normalized spacial score (nSPS) is 10.8. The van der Waals surface area contributed by atoms with Crippen LogP contribution in [-0.2, 0) is 6.42 Å². The summed E-state index contributed by atoms with van der Waals surface area (Å²) in [5.41, 5.74) is 1.37. The Morgan fingerprint density at radius 1 is 0.793 bits per heavy atom. The lowest BCUT2D eigenvalue weighted by Crippen LogP contribution is -2.13. The van der Waals surface area contributed by atoms with E-state index in [1.54, 1.807) is 12.1 Å². The average molecular weight is 422 g/mol. The molecule has 0 amide bonds. The van der Waals surface area contributed by atoms with Gasteiger partial charge in [-0.1, -0.05) is 37.6 Å². The van der Waals surface area contributed by atoms with Gasteiger partial charge in [-0.3, -0.25) is 0 Å². The molecule has 0 unspecified atom stereocenters. The first kappa shape index (κ1) is 20.9. The van der Waals surface area contributed by atoms with Gasteiger partial charge >= 0.3 is 0 Å². The van der Waals surface area contributed by atoms with E-state index in [1.165, 1.54) is 0 Å². The predicted octanol–water partition coefficient (Wildman–Crippen LogP) is 6.76. The number of halogens is 5. The molecule has 3 aromatic rings. The van der Waals surface area contributed by atoms with Gasteiger partial charge in [0, 0.05) is 12.1 Å². The van der Waals surface area contributed by atoms with Gasteiger partial charge in [0.05, 0.1) is 0 Å². The van der Waals surface area contributed by atoms with Crippen molar-refractivity contribution in [3.63, 3.8) is 0 Å². The molecule has 3 rings (SSSR count). The first-order valence-corrected chi connectivity index (χ1v) is 9.16.